The van der Waals surface area contributed by atoms with Gasteiger partial charge in [-0.2, -0.15) is 5.10 Å². The van der Waals surface area contributed by atoms with Crippen molar-refractivity contribution in [2.75, 3.05) is 0 Å². The second kappa shape index (κ2) is 5.70. The first-order valence-corrected chi connectivity index (χ1v) is 6.43. The highest BCUT2D eigenvalue weighted by Crippen LogP contribution is 2.21. The van der Waals surface area contributed by atoms with Gasteiger partial charge in [0, 0.05) is 11.8 Å². The molecule has 0 aromatic carbocycles. The third-order valence-corrected chi connectivity index (χ3v) is 3.07. The normalized spacial score (nSPS) is 10.6. The van der Waals surface area contributed by atoms with Gasteiger partial charge in [-0.05, 0) is 18.9 Å². The Kier molecular flexibility index (Phi) is 3.97. The Labute approximate surface area is 120 Å². The van der Waals surface area contributed by atoms with Gasteiger partial charge in [-0.25, -0.2) is 14.5 Å². The minimum atomic E-state index is -1.37. The third kappa shape index (κ3) is 2.73. The van der Waals surface area contributed by atoms with Gasteiger partial charge in [0.1, 0.15) is 11.8 Å². The van der Waals surface area contributed by atoms with E-state index in [0.717, 1.165) is 24.0 Å². The topological polar surface area (TPSA) is 111 Å². The number of hydrogen-bond acceptors (Lipinski definition) is 5. The molecule has 2 heterocycles. The summed E-state index contributed by atoms with van der Waals surface area (Å²) in [7, 11) is 0. The van der Waals surface area contributed by atoms with E-state index in [4.69, 9.17) is 5.11 Å². The van der Waals surface area contributed by atoms with Crippen molar-refractivity contribution in [1.82, 2.24) is 14.8 Å². The van der Waals surface area contributed by atoms with Crippen LogP contribution >= 0.6 is 0 Å². The molecule has 0 spiro atoms. The number of nitro groups is 1. The van der Waals surface area contributed by atoms with E-state index < -0.39 is 22.1 Å². The van der Waals surface area contributed by atoms with E-state index in [1.54, 1.807) is 0 Å². The van der Waals surface area contributed by atoms with Gasteiger partial charge in [0.05, 0.1) is 10.6 Å². The molecule has 0 atom stereocenters. The maximum Gasteiger partial charge on any atom is 0.342 e. The molecule has 0 unspecified atom stereocenters. The summed E-state index contributed by atoms with van der Waals surface area (Å²) in [5, 5.41) is 24.3. The number of rotatable bonds is 5. The number of nitrogens with zero attached hydrogens (tertiary/aromatic N) is 4. The fraction of sp³-hybridized carbons (Fsp3) is 0.308. The van der Waals surface area contributed by atoms with Gasteiger partial charge in [0.2, 0.25) is 0 Å². The molecule has 2 aromatic rings. The van der Waals surface area contributed by atoms with Crippen molar-refractivity contribution in [3.63, 3.8) is 0 Å². The monoisotopic (exact) mass is 290 g/mol. The van der Waals surface area contributed by atoms with Crippen molar-refractivity contribution in [2.45, 2.75) is 26.7 Å². The number of hydrogen-bond donors (Lipinski definition) is 1. The summed E-state index contributed by atoms with van der Waals surface area (Å²) >= 11 is 0. The zero-order chi connectivity index (χ0) is 15.6. The molecule has 0 aliphatic carbocycles. The predicted molar refractivity (Wildman–Crippen MR) is 73.7 cm³/mol. The van der Waals surface area contributed by atoms with Gasteiger partial charge in [0.15, 0.2) is 5.82 Å². The Morgan fingerprint density at radius 3 is 2.62 bits per heavy atom. The average Bonchev–Trinajstić information content (AvgIpc) is 2.89. The lowest BCUT2D eigenvalue weighted by molar-refractivity contribution is -0.385. The fourth-order valence-electron chi connectivity index (χ4n) is 1.97. The molecule has 8 heteroatoms. The molecule has 0 saturated heterocycles. The summed E-state index contributed by atoms with van der Waals surface area (Å²) in [4.78, 5) is 25.2. The first kappa shape index (κ1) is 14.6. The van der Waals surface area contributed by atoms with Gasteiger partial charge < -0.3 is 5.11 Å². The quantitative estimate of drug-likeness (QED) is 0.666. The van der Waals surface area contributed by atoms with Crippen LogP contribution in [0.3, 0.4) is 0 Å². The van der Waals surface area contributed by atoms with E-state index in [2.05, 4.69) is 10.1 Å². The van der Waals surface area contributed by atoms with Gasteiger partial charge in [0.25, 0.3) is 0 Å². The Morgan fingerprint density at radius 1 is 1.38 bits per heavy atom. The summed E-state index contributed by atoms with van der Waals surface area (Å²) in [6.45, 7) is 3.90. The Morgan fingerprint density at radius 2 is 2.10 bits per heavy atom. The standard InChI is InChI=1S/C13H14N4O4/c1-3-8-5-9(4-2)16(15-8)12-6-10(13(18)19)11(7-14-12)17(20)21/h5-7H,3-4H2,1-2H3,(H,18,19). The van der Waals surface area contributed by atoms with Crippen LogP contribution in [-0.2, 0) is 12.8 Å². The number of carbonyl (C=O) groups is 1. The number of carboxylic acid groups (broad SMARTS) is 1. The first-order valence-electron chi connectivity index (χ1n) is 6.43. The average molecular weight is 290 g/mol. The molecule has 1 N–H and O–H groups in total. The summed E-state index contributed by atoms with van der Waals surface area (Å²) in [5.41, 5.74) is 0.779. The van der Waals surface area contributed by atoms with E-state index in [1.165, 1.54) is 10.7 Å². The number of aromatic nitrogens is 3. The van der Waals surface area contributed by atoms with Crippen LogP contribution in [0, 0.1) is 10.1 Å². The highest BCUT2D eigenvalue weighted by molar-refractivity contribution is 5.92. The lowest BCUT2D eigenvalue weighted by atomic mass is 10.2. The van der Waals surface area contributed by atoms with E-state index in [0.29, 0.717) is 6.42 Å². The molecule has 0 saturated carbocycles. The largest absolute Gasteiger partial charge is 0.477 e. The highest BCUT2D eigenvalue weighted by Gasteiger charge is 2.22. The second-order valence-electron chi connectivity index (χ2n) is 4.37. The number of pyridine rings is 1. The summed E-state index contributed by atoms with van der Waals surface area (Å²) < 4.78 is 1.52. The second-order valence-corrected chi connectivity index (χ2v) is 4.37. The fourth-order valence-corrected chi connectivity index (χ4v) is 1.97. The van der Waals surface area contributed by atoms with Crippen molar-refractivity contribution < 1.29 is 14.8 Å². The van der Waals surface area contributed by atoms with Crippen LogP contribution in [0.25, 0.3) is 5.82 Å². The lowest BCUT2D eigenvalue weighted by Crippen LogP contribution is -2.09. The van der Waals surface area contributed by atoms with Crippen molar-refractivity contribution in [2.24, 2.45) is 0 Å². The zero-order valence-corrected chi connectivity index (χ0v) is 11.6. The molecule has 21 heavy (non-hydrogen) atoms. The van der Waals surface area contributed by atoms with Crippen LogP contribution < -0.4 is 0 Å². The molecule has 8 nitrogen and oxygen atoms in total. The van der Waals surface area contributed by atoms with E-state index in [1.807, 2.05) is 19.9 Å². The number of aromatic carboxylic acids is 1. The van der Waals surface area contributed by atoms with Crippen LogP contribution in [0.2, 0.25) is 0 Å². The Hall–Kier alpha value is -2.77. The lowest BCUT2D eigenvalue weighted by Gasteiger charge is -2.06. The maximum atomic E-state index is 11.2. The summed E-state index contributed by atoms with van der Waals surface area (Å²) in [6.07, 6.45) is 2.37. The van der Waals surface area contributed by atoms with Gasteiger partial charge in [-0.1, -0.05) is 13.8 Å². The van der Waals surface area contributed by atoms with E-state index in [9.17, 15) is 14.9 Å². The number of carboxylic acids is 1. The van der Waals surface area contributed by atoms with E-state index >= 15 is 0 Å². The molecule has 0 amide bonds. The molecule has 0 aliphatic rings. The third-order valence-electron chi connectivity index (χ3n) is 3.07. The minimum absolute atomic E-state index is 0.259. The molecule has 2 rings (SSSR count). The summed E-state index contributed by atoms with van der Waals surface area (Å²) in [5.74, 6) is -1.11. The molecule has 0 fully saturated rings. The molecule has 0 bridgehead atoms. The van der Waals surface area contributed by atoms with Crippen LogP contribution in [-0.4, -0.2) is 30.8 Å². The van der Waals surface area contributed by atoms with Crippen LogP contribution in [0.15, 0.2) is 18.3 Å². The smallest absolute Gasteiger partial charge is 0.342 e. The van der Waals surface area contributed by atoms with Gasteiger partial charge >= 0.3 is 11.7 Å². The Bertz CT molecular complexity index is 708. The highest BCUT2D eigenvalue weighted by atomic mass is 16.6. The Balaban J connectivity index is 2.60. The maximum absolute atomic E-state index is 11.2. The van der Waals surface area contributed by atoms with E-state index in [-0.39, 0.29) is 5.82 Å². The van der Waals surface area contributed by atoms with Crippen LogP contribution in [0.5, 0.6) is 0 Å². The van der Waals surface area contributed by atoms with Crippen LogP contribution in [0.4, 0.5) is 5.69 Å². The van der Waals surface area contributed by atoms with Crippen molar-refractivity contribution >= 4 is 11.7 Å². The molecular formula is C13H14N4O4. The van der Waals surface area contributed by atoms with Crippen molar-refractivity contribution in [3.8, 4) is 5.82 Å². The first-order chi connectivity index (χ1) is 9.97. The number of aryl methyl sites for hydroxylation is 2. The SMILES string of the molecule is CCc1cc(CC)n(-c2cc(C(=O)O)c([N+](=O)[O-])cn2)n1. The molecule has 2 aromatic heterocycles. The van der Waals surface area contributed by atoms with Crippen molar-refractivity contribution in [1.29, 1.82) is 0 Å². The van der Waals surface area contributed by atoms with Gasteiger partial charge in [-0.15, -0.1) is 0 Å². The summed E-state index contributed by atoms with van der Waals surface area (Å²) in [6, 6.07) is 3.08. The minimum Gasteiger partial charge on any atom is -0.477 e. The predicted octanol–water partition coefficient (Wildman–Crippen LogP) is 2.00. The zero-order valence-electron chi connectivity index (χ0n) is 11.6. The van der Waals surface area contributed by atoms with Crippen LogP contribution in [0.1, 0.15) is 35.6 Å². The van der Waals surface area contributed by atoms with Gasteiger partial charge in [-0.3, -0.25) is 10.1 Å². The van der Waals surface area contributed by atoms with Crippen molar-refractivity contribution in [3.05, 3.63) is 45.4 Å². The molecular weight excluding hydrogens is 276 g/mol. The molecule has 0 aliphatic heterocycles. The molecule has 110 valence electrons. The molecule has 0 radical (unpaired) electrons.